The maximum absolute atomic E-state index is 12.8. The molecule has 0 aliphatic carbocycles. The van der Waals surface area contributed by atoms with Gasteiger partial charge in [0.05, 0.1) is 0 Å². The molecule has 1 amide bonds. The maximum atomic E-state index is 12.8. The number of likely N-dealkylation sites (tertiary alicyclic amines) is 1. The molecule has 0 N–H and O–H groups in total. The number of amides is 1. The number of nitrogens with zero attached hydrogens (tertiary/aromatic N) is 2. The molecular formula is C15H20F2N2O. The molecule has 1 fully saturated rings. The summed E-state index contributed by atoms with van der Waals surface area (Å²) in [7, 11) is 0. The summed E-state index contributed by atoms with van der Waals surface area (Å²) in [6.07, 6.45) is 4.89. The second-order valence-electron chi connectivity index (χ2n) is 5.51. The van der Waals surface area contributed by atoms with Crippen LogP contribution in [0.5, 0.6) is 0 Å². The molecule has 1 aromatic heterocycles. The van der Waals surface area contributed by atoms with Crippen LogP contribution < -0.4 is 0 Å². The van der Waals surface area contributed by atoms with Crippen molar-refractivity contribution in [1.82, 2.24) is 9.88 Å². The van der Waals surface area contributed by atoms with Gasteiger partial charge in [-0.25, -0.2) is 8.78 Å². The van der Waals surface area contributed by atoms with Crippen LogP contribution >= 0.6 is 0 Å². The molecule has 1 saturated heterocycles. The van der Waals surface area contributed by atoms with Crippen LogP contribution in [0.15, 0.2) is 24.5 Å². The Morgan fingerprint density at radius 3 is 2.50 bits per heavy atom. The van der Waals surface area contributed by atoms with Crippen LogP contribution in [0, 0.1) is 0 Å². The van der Waals surface area contributed by atoms with Gasteiger partial charge in [-0.2, -0.15) is 0 Å². The molecule has 20 heavy (non-hydrogen) atoms. The Hall–Kier alpha value is -1.52. The molecule has 0 unspecified atom stereocenters. The topological polar surface area (TPSA) is 33.2 Å². The number of aromatic nitrogens is 1. The number of halogens is 2. The van der Waals surface area contributed by atoms with E-state index in [1.165, 1.54) is 5.56 Å². The highest BCUT2D eigenvalue weighted by atomic mass is 19.3. The van der Waals surface area contributed by atoms with Crippen LogP contribution in [-0.2, 0) is 4.79 Å². The molecule has 0 saturated carbocycles. The van der Waals surface area contributed by atoms with Crippen LogP contribution in [0.3, 0.4) is 0 Å². The number of carbonyl (C=O) groups excluding carboxylic acids is 1. The van der Waals surface area contributed by atoms with E-state index < -0.39 is 5.92 Å². The van der Waals surface area contributed by atoms with Crippen molar-refractivity contribution in [3.63, 3.8) is 0 Å². The van der Waals surface area contributed by atoms with Gasteiger partial charge in [0.2, 0.25) is 11.8 Å². The molecule has 2 heterocycles. The van der Waals surface area contributed by atoms with Gasteiger partial charge in [-0.3, -0.25) is 9.78 Å². The highest BCUT2D eigenvalue weighted by Crippen LogP contribution is 2.28. The summed E-state index contributed by atoms with van der Waals surface area (Å²) >= 11 is 0. The SMILES string of the molecule is CC(F)(F)CCC(=O)N1CCC(c2ccncc2)CC1. The summed E-state index contributed by atoms with van der Waals surface area (Å²) in [5, 5.41) is 0. The number of pyridine rings is 1. The first kappa shape index (κ1) is 14.9. The van der Waals surface area contributed by atoms with Crippen molar-refractivity contribution < 1.29 is 13.6 Å². The number of rotatable bonds is 4. The Morgan fingerprint density at radius 2 is 1.95 bits per heavy atom. The number of alkyl halides is 2. The molecule has 110 valence electrons. The molecule has 5 heteroatoms. The van der Waals surface area contributed by atoms with Crippen molar-refractivity contribution in [2.45, 2.75) is 44.4 Å². The highest BCUT2D eigenvalue weighted by molar-refractivity contribution is 5.76. The lowest BCUT2D eigenvalue weighted by Gasteiger charge is -2.32. The summed E-state index contributed by atoms with van der Waals surface area (Å²) in [4.78, 5) is 17.6. The van der Waals surface area contributed by atoms with Crippen molar-refractivity contribution in [3.8, 4) is 0 Å². The standard InChI is InChI=1S/C15H20F2N2O/c1-15(16,17)7-2-14(20)19-10-5-13(6-11-19)12-3-8-18-9-4-12/h3-4,8-9,13H,2,5-7,10-11H2,1H3. The van der Waals surface area contributed by atoms with Gasteiger partial charge >= 0.3 is 0 Å². The van der Waals surface area contributed by atoms with Crippen molar-refractivity contribution in [2.24, 2.45) is 0 Å². The number of piperidine rings is 1. The van der Waals surface area contributed by atoms with E-state index in [0.717, 1.165) is 19.8 Å². The first-order valence-corrected chi connectivity index (χ1v) is 7.01. The summed E-state index contributed by atoms with van der Waals surface area (Å²) in [6, 6.07) is 4.00. The second kappa shape index (κ2) is 6.29. The molecule has 3 nitrogen and oxygen atoms in total. The van der Waals surface area contributed by atoms with Gasteiger partial charge in [-0.1, -0.05) is 0 Å². The number of hydrogen-bond acceptors (Lipinski definition) is 2. The van der Waals surface area contributed by atoms with Crippen LogP contribution in [0.1, 0.15) is 44.1 Å². The average molecular weight is 282 g/mol. The Labute approximate surface area is 118 Å². The van der Waals surface area contributed by atoms with Gasteiger partial charge in [0, 0.05) is 38.3 Å². The molecule has 1 aliphatic heterocycles. The summed E-state index contributed by atoms with van der Waals surface area (Å²) in [5.74, 6) is -2.47. The fourth-order valence-electron chi connectivity index (χ4n) is 2.58. The lowest BCUT2D eigenvalue weighted by atomic mass is 9.90. The summed E-state index contributed by atoms with van der Waals surface area (Å²) in [5.41, 5.74) is 1.24. The van der Waals surface area contributed by atoms with E-state index in [1.807, 2.05) is 12.1 Å². The highest BCUT2D eigenvalue weighted by Gasteiger charge is 2.27. The van der Waals surface area contributed by atoms with Gasteiger partial charge < -0.3 is 4.90 Å². The first-order valence-electron chi connectivity index (χ1n) is 7.01. The molecule has 0 radical (unpaired) electrons. The predicted molar refractivity (Wildman–Crippen MR) is 72.6 cm³/mol. The Balaban J connectivity index is 1.81. The molecule has 1 aliphatic rings. The molecule has 2 rings (SSSR count). The zero-order valence-electron chi connectivity index (χ0n) is 11.7. The van der Waals surface area contributed by atoms with E-state index >= 15 is 0 Å². The fourth-order valence-corrected chi connectivity index (χ4v) is 2.58. The van der Waals surface area contributed by atoms with Gasteiger partial charge in [0.15, 0.2) is 0 Å². The van der Waals surface area contributed by atoms with Gasteiger partial charge in [-0.15, -0.1) is 0 Å². The molecule has 1 aromatic rings. The Kier molecular flexibility index (Phi) is 4.68. The third-order valence-electron chi connectivity index (χ3n) is 3.80. The largest absolute Gasteiger partial charge is 0.343 e. The van der Waals surface area contributed by atoms with Crippen LogP contribution in [0.2, 0.25) is 0 Å². The Morgan fingerprint density at radius 1 is 1.35 bits per heavy atom. The third-order valence-corrected chi connectivity index (χ3v) is 3.80. The van der Waals surface area contributed by atoms with Crippen LogP contribution in [0.25, 0.3) is 0 Å². The van der Waals surface area contributed by atoms with Gasteiger partial charge in [-0.05, 0) is 43.4 Å². The van der Waals surface area contributed by atoms with Gasteiger partial charge in [0.25, 0.3) is 0 Å². The molecule has 0 atom stereocenters. The number of carbonyl (C=O) groups is 1. The van der Waals surface area contributed by atoms with E-state index in [0.29, 0.717) is 19.0 Å². The number of hydrogen-bond donors (Lipinski definition) is 0. The minimum absolute atomic E-state index is 0.0660. The zero-order chi connectivity index (χ0) is 14.6. The zero-order valence-corrected chi connectivity index (χ0v) is 11.7. The summed E-state index contributed by atoms with van der Waals surface area (Å²) in [6.45, 7) is 2.16. The fraction of sp³-hybridized carbons (Fsp3) is 0.600. The lowest BCUT2D eigenvalue weighted by Crippen LogP contribution is -2.38. The van der Waals surface area contributed by atoms with Crippen molar-refractivity contribution in [1.29, 1.82) is 0 Å². The lowest BCUT2D eigenvalue weighted by molar-refractivity contribution is -0.134. The van der Waals surface area contributed by atoms with Crippen molar-refractivity contribution >= 4 is 5.91 Å². The molecular weight excluding hydrogens is 262 g/mol. The second-order valence-corrected chi connectivity index (χ2v) is 5.51. The summed E-state index contributed by atoms with van der Waals surface area (Å²) < 4.78 is 25.5. The van der Waals surface area contributed by atoms with E-state index in [1.54, 1.807) is 17.3 Å². The molecule has 0 bridgehead atoms. The average Bonchev–Trinajstić information content (AvgIpc) is 2.45. The predicted octanol–water partition coefficient (Wildman–Crippen LogP) is 3.22. The maximum Gasteiger partial charge on any atom is 0.245 e. The van der Waals surface area contributed by atoms with Crippen LogP contribution in [0.4, 0.5) is 8.78 Å². The minimum atomic E-state index is -2.76. The van der Waals surface area contributed by atoms with E-state index in [4.69, 9.17) is 0 Å². The Bertz CT molecular complexity index is 437. The minimum Gasteiger partial charge on any atom is -0.343 e. The molecule has 0 spiro atoms. The van der Waals surface area contributed by atoms with Crippen molar-refractivity contribution in [3.05, 3.63) is 30.1 Å². The van der Waals surface area contributed by atoms with E-state index in [2.05, 4.69) is 4.98 Å². The third kappa shape index (κ3) is 4.25. The van der Waals surface area contributed by atoms with Crippen LogP contribution in [-0.4, -0.2) is 34.8 Å². The van der Waals surface area contributed by atoms with Gasteiger partial charge in [0.1, 0.15) is 0 Å². The smallest absolute Gasteiger partial charge is 0.245 e. The normalized spacial score (nSPS) is 17.2. The first-order chi connectivity index (χ1) is 9.46. The van der Waals surface area contributed by atoms with Crippen molar-refractivity contribution in [2.75, 3.05) is 13.1 Å². The monoisotopic (exact) mass is 282 g/mol. The van der Waals surface area contributed by atoms with E-state index in [-0.39, 0.29) is 18.7 Å². The quantitative estimate of drug-likeness (QED) is 0.849. The molecule has 0 aromatic carbocycles. The van der Waals surface area contributed by atoms with E-state index in [9.17, 15) is 13.6 Å².